The predicted molar refractivity (Wildman–Crippen MR) is 204 cm³/mol. The molecule has 5 rings (SSSR count). The van der Waals surface area contributed by atoms with Gasteiger partial charge in [-0.25, -0.2) is 9.97 Å². The van der Waals surface area contributed by atoms with Crippen LogP contribution in [0.1, 0.15) is 71.0 Å². The maximum atomic E-state index is 13.4. The van der Waals surface area contributed by atoms with Crippen LogP contribution in [0.3, 0.4) is 0 Å². The molecule has 0 saturated heterocycles. The molecule has 16 heteroatoms. The lowest BCUT2D eigenvalue weighted by Gasteiger charge is -2.36. The van der Waals surface area contributed by atoms with E-state index in [4.69, 9.17) is 26.4 Å². The molecule has 0 saturated carbocycles. The normalized spacial score (nSPS) is 12.3. The third kappa shape index (κ3) is 8.02. The number of nitrogens with two attached hydrogens (primary N) is 3. The van der Waals surface area contributed by atoms with Gasteiger partial charge in [0.15, 0.2) is 8.32 Å². The molecule has 3 heterocycles. The number of hydrogen-bond acceptors (Lipinski definition) is 9. The van der Waals surface area contributed by atoms with E-state index in [1.807, 2.05) is 30.6 Å². The number of nitrogen functional groups attached to an aromatic ring is 1. The molecule has 0 unspecified atom stereocenters. The number of primary amides is 2. The summed E-state index contributed by atoms with van der Waals surface area (Å²) in [5, 5.41) is 7.39. The number of aromatic nitrogens is 6. The minimum absolute atomic E-state index is 0.0980. The molecule has 5 aromatic rings. The largest absolute Gasteiger partial charge is 0.491 e. The van der Waals surface area contributed by atoms with E-state index in [9.17, 15) is 14.4 Å². The minimum atomic E-state index is -1.90. The summed E-state index contributed by atoms with van der Waals surface area (Å²) in [6, 6.07) is 9.87. The summed E-state index contributed by atoms with van der Waals surface area (Å²) in [7, 11) is -1.90. The van der Waals surface area contributed by atoms with Crippen LogP contribution in [0.15, 0.2) is 48.6 Å². The first-order valence-electron chi connectivity index (χ1n) is 17.2. The number of carbonyl (C=O) groups excluding carboxylic acids is 3. The summed E-state index contributed by atoms with van der Waals surface area (Å²) in [5.41, 5.74) is 21.5. The summed E-state index contributed by atoms with van der Waals surface area (Å²) in [6.07, 6.45) is 4.46. The van der Waals surface area contributed by atoms with Gasteiger partial charge < -0.3 is 35.5 Å². The van der Waals surface area contributed by atoms with Crippen molar-refractivity contribution in [2.75, 3.05) is 24.3 Å². The zero-order valence-corrected chi connectivity index (χ0v) is 31.8. The topological polar surface area (TPSA) is 213 Å². The minimum Gasteiger partial charge on any atom is -0.491 e. The first-order chi connectivity index (χ1) is 24.5. The first-order valence-corrected chi connectivity index (χ1v) is 20.1. The molecule has 3 aromatic heterocycles. The Morgan fingerprint density at radius 1 is 0.923 bits per heavy atom. The maximum absolute atomic E-state index is 13.4. The average Bonchev–Trinajstić information content (AvgIpc) is 3.73. The molecular formula is C36H48N10O5Si. The molecule has 276 valence electrons. The second-order valence-corrected chi connectivity index (χ2v) is 18.9. The molecule has 0 aliphatic heterocycles. The number of nitrogens with one attached hydrogen (secondary N) is 1. The van der Waals surface area contributed by atoms with Crippen LogP contribution in [-0.2, 0) is 24.1 Å². The standard InChI is InChI=1S/C36H48N10O5Si/c1-8-46-28(18-22(2)43-46)33(49)42-35-41-25-19-23(31(37)47)12-13-27(25)44(35)14-9-10-15-45-30-26(40-34(45)39)20-24(32(38)48)21-29(30)50-16-11-17-51-52(6,7)36(3,4)5/h9-10,12-13,18-21H,8,11,14-17H2,1-7H3,(H2,37,47)(H2,38,48)(H2,39,40)(H,41,42,49)/b10-9+. The number of fused-ring (bicyclic) bond motifs is 2. The number of carbonyl (C=O) groups is 3. The van der Waals surface area contributed by atoms with Gasteiger partial charge in [0, 0.05) is 43.8 Å². The highest BCUT2D eigenvalue weighted by Crippen LogP contribution is 2.36. The fourth-order valence-corrected chi connectivity index (χ4v) is 6.62. The van der Waals surface area contributed by atoms with Crippen molar-refractivity contribution in [2.24, 2.45) is 11.5 Å². The molecule has 0 fully saturated rings. The molecule has 0 aliphatic rings. The van der Waals surface area contributed by atoms with Crippen LogP contribution in [-0.4, -0.2) is 68.1 Å². The average molecular weight is 729 g/mol. The van der Waals surface area contributed by atoms with Gasteiger partial charge in [-0.15, -0.1) is 0 Å². The highest BCUT2D eigenvalue weighted by atomic mass is 28.4. The van der Waals surface area contributed by atoms with E-state index in [0.717, 1.165) is 5.69 Å². The van der Waals surface area contributed by atoms with Crippen molar-refractivity contribution in [3.63, 3.8) is 0 Å². The first kappa shape index (κ1) is 37.8. The van der Waals surface area contributed by atoms with Gasteiger partial charge in [-0.1, -0.05) is 32.9 Å². The van der Waals surface area contributed by atoms with Crippen molar-refractivity contribution in [3.05, 3.63) is 71.1 Å². The van der Waals surface area contributed by atoms with Crippen LogP contribution < -0.4 is 27.3 Å². The summed E-state index contributed by atoms with van der Waals surface area (Å²) in [4.78, 5) is 46.5. The molecule has 0 bridgehead atoms. The maximum Gasteiger partial charge on any atom is 0.276 e. The van der Waals surface area contributed by atoms with Crippen LogP contribution in [0.2, 0.25) is 18.1 Å². The van der Waals surface area contributed by atoms with Gasteiger partial charge in [0.1, 0.15) is 17.0 Å². The van der Waals surface area contributed by atoms with Gasteiger partial charge >= 0.3 is 0 Å². The highest BCUT2D eigenvalue weighted by molar-refractivity contribution is 6.74. The second kappa shape index (κ2) is 15.0. The molecule has 3 amide bonds. The Labute approximate surface area is 303 Å². The number of rotatable bonds is 15. The summed E-state index contributed by atoms with van der Waals surface area (Å²) in [5.74, 6) is -0.601. The van der Waals surface area contributed by atoms with Gasteiger partial charge in [0.2, 0.25) is 23.7 Å². The molecule has 0 aliphatic carbocycles. The molecule has 0 radical (unpaired) electrons. The van der Waals surface area contributed by atoms with E-state index >= 15 is 0 Å². The monoisotopic (exact) mass is 728 g/mol. The number of aryl methyl sites for hydroxylation is 2. The lowest BCUT2D eigenvalue weighted by atomic mass is 10.1. The van der Waals surface area contributed by atoms with Crippen molar-refractivity contribution in [1.29, 1.82) is 0 Å². The zero-order valence-electron chi connectivity index (χ0n) is 30.8. The Morgan fingerprint density at radius 2 is 1.60 bits per heavy atom. The Bertz CT molecular complexity index is 2170. The number of anilines is 2. The quantitative estimate of drug-likeness (QED) is 0.0648. The van der Waals surface area contributed by atoms with Crippen molar-refractivity contribution in [2.45, 2.75) is 78.8 Å². The molecule has 0 spiro atoms. The molecule has 2 aromatic carbocycles. The van der Waals surface area contributed by atoms with Crippen molar-refractivity contribution in [3.8, 4) is 5.75 Å². The Morgan fingerprint density at radius 3 is 2.25 bits per heavy atom. The van der Waals surface area contributed by atoms with Gasteiger partial charge in [-0.05, 0) is 68.4 Å². The number of nitrogens with zero attached hydrogens (tertiary/aromatic N) is 6. The molecule has 7 N–H and O–H groups in total. The van der Waals surface area contributed by atoms with Crippen LogP contribution in [0.4, 0.5) is 11.9 Å². The Hall–Kier alpha value is -5.48. The van der Waals surface area contributed by atoms with E-state index in [-0.39, 0.29) is 28.4 Å². The number of imidazole rings is 2. The van der Waals surface area contributed by atoms with Crippen LogP contribution >= 0.6 is 0 Å². The SMILES string of the molecule is CCn1nc(C)cc1C(=O)Nc1nc2cc(C(N)=O)ccc2n1C/C=C/Cn1c(N)nc2cc(C(N)=O)cc(OCCCO[Si](C)(C)C(C)(C)C)c21. The van der Waals surface area contributed by atoms with E-state index < -0.39 is 20.1 Å². The van der Waals surface area contributed by atoms with E-state index in [1.165, 1.54) is 0 Å². The fraction of sp³-hybridized carbons (Fsp3) is 0.389. The number of amides is 3. The van der Waals surface area contributed by atoms with Crippen molar-refractivity contribution in [1.82, 2.24) is 28.9 Å². The molecule has 0 atom stereocenters. The summed E-state index contributed by atoms with van der Waals surface area (Å²) < 4.78 is 17.7. The molecular weight excluding hydrogens is 681 g/mol. The van der Waals surface area contributed by atoms with E-state index in [2.05, 4.69) is 54.2 Å². The third-order valence-electron chi connectivity index (χ3n) is 9.37. The Balaban J connectivity index is 1.39. The van der Waals surface area contributed by atoms with Crippen LogP contribution in [0, 0.1) is 6.92 Å². The lowest BCUT2D eigenvalue weighted by molar-refractivity contribution is 0.0992. The number of allylic oxidation sites excluding steroid dienone is 2. The second-order valence-electron chi connectivity index (χ2n) is 14.1. The highest BCUT2D eigenvalue weighted by Gasteiger charge is 2.36. The van der Waals surface area contributed by atoms with Crippen LogP contribution in [0.25, 0.3) is 22.1 Å². The van der Waals surface area contributed by atoms with Gasteiger partial charge in [0.25, 0.3) is 5.91 Å². The van der Waals surface area contributed by atoms with Crippen molar-refractivity contribution >= 4 is 60.0 Å². The summed E-state index contributed by atoms with van der Waals surface area (Å²) >= 11 is 0. The van der Waals surface area contributed by atoms with E-state index in [0.29, 0.717) is 78.3 Å². The molecule has 15 nitrogen and oxygen atoms in total. The van der Waals surface area contributed by atoms with E-state index in [1.54, 1.807) is 45.6 Å². The summed E-state index contributed by atoms with van der Waals surface area (Å²) in [6.45, 7) is 16.8. The Kier molecular flexibility index (Phi) is 10.9. The number of hydrogen-bond donors (Lipinski definition) is 4. The zero-order chi connectivity index (χ0) is 38.0. The smallest absolute Gasteiger partial charge is 0.276 e. The van der Waals surface area contributed by atoms with Gasteiger partial charge in [0.05, 0.1) is 28.9 Å². The predicted octanol–water partition coefficient (Wildman–Crippen LogP) is 4.99. The number of benzene rings is 2. The lowest BCUT2D eigenvalue weighted by Crippen LogP contribution is -2.41. The van der Waals surface area contributed by atoms with Gasteiger partial charge in [-0.2, -0.15) is 5.10 Å². The third-order valence-corrected chi connectivity index (χ3v) is 13.9. The van der Waals surface area contributed by atoms with Gasteiger partial charge in [-0.3, -0.25) is 24.4 Å². The number of ether oxygens (including phenoxy) is 1. The fourth-order valence-electron chi connectivity index (χ4n) is 5.53. The molecule has 52 heavy (non-hydrogen) atoms. The van der Waals surface area contributed by atoms with Crippen LogP contribution in [0.5, 0.6) is 5.75 Å². The van der Waals surface area contributed by atoms with Crippen molar-refractivity contribution < 1.29 is 23.5 Å².